The molecule has 3 nitrogen and oxygen atoms in total. The fraction of sp³-hybridized carbons (Fsp3) is 0.286. The molecule has 4 heteroatoms. The third-order valence-corrected chi connectivity index (χ3v) is 3.76. The first kappa shape index (κ1) is 12.9. The van der Waals surface area contributed by atoms with E-state index in [4.69, 9.17) is 4.74 Å². The summed E-state index contributed by atoms with van der Waals surface area (Å²) in [5, 5.41) is 1.53. The lowest BCUT2D eigenvalue weighted by atomic mass is 10.1. The lowest BCUT2D eigenvalue weighted by molar-refractivity contribution is 0.245. The largest absolute Gasteiger partial charge is 0.490 e. The molecule has 0 spiro atoms. The van der Waals surface area contributed by atoms with E-state index >= 15 is 0 Å². The van der Waals surface area contributed by atoms with Crippen LogP contribution in [0.2, 0.25) is 0 Å². The van der Waals surface area contributed by atoms with Crippen LogP contribution in [0.25, 0.3) is 10.8 Å². The second-order valence-electron chi connectivity index (χ2n) is 4.55. The molecule has 0 atom stereocenters. The van der Waals surface area contributed by atoms with Gasteiger partial charge in [0.15, 0.2) is 9.84 Å². The van der Waals surface area contributed by atoms with Crippen LogP contribution in [0.15, 0.2) is 41.3 Å². The van der Waals surface area contributed by atoms with Crippen LogP contribution in [-0.2, 0) is 9.84 Å². The zero-order chi connectivity index (χ0) is 13.3. The molecule has 0 aliphatic heterocycles. The third kappa shape index (κ3) is 2.48. The van der Waals surface area contributed by atoms with E-state index in [0.717, 1.165) is 5.39 Å². The summed E-state index contributed by atoms with van der Waals surface area (Å²) >= 11 is 0. The number of sulfone groups is 1. The first-order valence-electron chi connectivity index (χ1n) is 5.78. The summed E-state index contributed by atoms with van der Waals surface area (Å²) in [7, 11) is -3.23. The molecule has 96 valence electrons. The fourth-order valence-corrected chi connectivity index (χ4v) is 2.82. The van der Waals surface area contributed by atoms with Crippen molar-refractivity contribution in [2.45, 2.75) is 24.8 Å². The van der Waals surface area contributed by atoms with Crippen molar-refractivity contribution < 1.29 is 13.2 Å². The van der Waals surface area contributed by atoms with Gasteiger partial charge in [-0.1, -0.05) is 24.3 Å². The molecule has 0 saturated heterocycles. The minimum atomic E-state index is -3.23. The Hall–Kier alpha value is -1.55. The maximum absolute atomic E-state index is 11.7. The minimum Gasteiger partial charge on any atom is -0.490 e. The van der Waals surface area contributed by atoms with Crippen molar-refractivity contribution in [3.05, 3.63) is 36.4 Å². The molecule has 0 aliphatic carbocycles. The predicted octanol–water partition coefficient (Wildman–Crippen LogP) is 3.03. The van der Waals surface area contributed by atoms with Crippen LogP contribution in [0, 0.1) is 0 Å². The zero-order valence-electron chi connectivity index (χ0n) is 10.7. The van der Waals surface area contributed by atoms with Gasteiger partial charge in [0.25, 0.3) is 0 Å². The number of hydrogen-bond donors (Lipinski definition) is 0. The van der Waals surface area contributed by atoms with Crippen LogP contribution in [0.4, 0.5) is 0 Å². The smallest absolute Gasteiger partial charge is 0.176 e. The molecular weight excluding hydrogens is 248 g/mol. The molecule has 0 fully saturated rings. The molecule has 2 aromatic rings. The van der Waals surface area contributed by atoms with E-state index < -0.39 is 9.84 Å². The highest BCUT2D eigenvalue weighted by Gasteiger charge is 2.14. The molecule has 18 heavy (non-hydrogen) atoms. The van der Waals surface area contributed by atoms with E-state index in [1.807, 2.05) is 32.0 Å². The molecule has 0 amide bonds. The lowest BCUT2D eigenvalue weighted by Crippen LogP contribution is -2.06. The van der Waals surface area contributed by atoms with Crippen molar-refractivity contribution in [3.63, 3.8) is 0 Å². The van der Waals surface area contributed by atoms with Gasteiger partial charge in [0.05, 0.1) is 11.0 Å². The van der Waals surface area contributed by atoms with Crippen molar-refractivity contribution in [2.24, 2.45) is 0 Å². The molecule has 0 unspecified atom stereocenters. The summed E-state index contributed by atoms with van der Waals surface area (Å²) < 4.78 is 29.2. The Balaban J connectivity index is 2.74. The van der Waals surface area contributed by atoms with Gasteiger partial charge in [-0.05, 0) is 26.0 Å². The normalized spacial score (nSPS) is 12.0. The SMILES string of the molecule is CC(C)Oc1ccc(S(C)(=O)=O)c2ccccc12. The Morgan fingerprint density at radius 1 is 1.00 bits per heavy atom. The summed E-state index contributed by atoms with van der Waals surface area (Å²) in [6.07, 6.45) is 1.27. The van der Waals surface area contributed by atoms with Crippen molar-refractivity contribution in [3.8, 4) is 5.75 Å². The Morgan fingerprint density at radius 3 is 2.17 bits per heavy atom. The molecule has 0 N–H and O–H groups in total. The molecular formula is C14H16O3S. The number of rotatable bonds is 3. The molecule has 0 radical (unpaired) electrons. The average Bonchev–Trinajstić information content (AvgIpc) is 2.27. The Bertz CT molecular complexity index is 672. The van der Waals surface area contributed by atoms with Gasteiger partial charge in [-0.25, -0.2) is 8.42 Å². The first-order valence-corrected chi connectivity index (χ1v) is 7.67. The second-order valence-corrected chi connectivity index (χ2v) is 6.53. The topological polar surface area (TPSA) is 43.4 Å². The summed E-state index contributed by atoms with van der Waals surface area (Å²) in [4.78, 5) is 0.342. The molecule has 0 aliphatic rings. The number of ether oxygens (including phenoxy) is 1. The summed E-state index contributed by atoms with van der Waals surface area (Å²) in [6, 6.07) is 10.7. The fourth-order valence-electron chi connectivity index (χ4n) is 1.92. The van der Waals surface area contributed by atoms with Crippen LogP contribution in [0.5, 0.6) is 5.75 Å². The average molecular weight is 264 g/mol. The summed E-state index contributed by atoms with van der Waals surface area (Å²) in [6.45, 7) is 3.89. The van der Waals surface area contributed by atoms with Crippen molar-refractivity contribution in [2.75, 3.05) is 6.26 Å². The molecule has 2 aromatic carbocycles. The van der Waals surface area contributed by atoms with Gasteiger partial charge < -0.3 is 4.74 Å². The van der Waals surface area contributed by atoms with Crippen LogP contribution in [0.1, 0.15) is 13.8 Å². The monoisotopic (exact) mass is 264 g/mol. The van der Waals surface area contributed by atoms with Gasteiger partial charge in [-0.3, -0.25) is 0 Å². The predicted molar refractivity (Wildman–Crippen MR) is 72.8 cm³/mol. The van der Waals surface area contributed by atoms with E-state index in [1.165, 1.54) is 6.26 Å². The van der Waals surface area contributed by atoms with E-state index in [0.29, 0.717) is 16.0 Å². The lowest BCUT2D eigenvalue weighted by Gasteiger charge is -2.14. The molecule has 0 aromatic heterocycles. The Labute approximate surface area is 107 Å². The van der Waals surface area contributed by atoms with Crippen LogP contribution in [-0.4, -0.2) is 20.8 Å². The van der Waals surface area contributed by atoms with Crippen molar-refractivity contribution in [1.29, 1.82) is 0 Å². The molecule has 0 saturated carbocycles. The second kappa shape index (κ2) is 4.61. The molecule has 0 heterocycles. The van der Waals surface area contributed by atoms with Gasteiger partial charge in [0.2, 0.25) is 0 Å². The number of hydrogen-bond acceptors (Lipinski definition) is 3. The summed E-state index contributed by atoms with van der Waals surface area (Å²) in [5.74, 6) is 0.716. The number of benzene rings is 2. The van der Waals surface area contributed by atoms with Gasteiger partial charge in [0.1, 0.15) is 5.75 Å². The highest BCUT2D eigenvalue weighted by Crippen LogP contribution is 2.31. The Morgan fingerprint density at radius 2 is 1.61 bits per heavy atom. The van der Waals surface area contributed by atoms with Crippen LogP contribution in [0.3, 0.4) is 0 Å². The minimum absolute atomic E-state index is 0.0532. The number of fused-ring (bicyclic) bond motifs is 1. The van der Waals surface area contributed by atoms with Crippen LogP contribution >= 0.6 is 0 Å². The maximum Gasteiger partial charge on any atom is 0.176 e. The zero-order valence-corrected chi connectivity index (χ0v) is 11.5. The quantitative estimate of drug-likeness (QED) is 0.855. The first-order chi connectivity index (χ1) is 8.39. The van der Waals surface area contributed by atoms with E-state index in [-0.39, 0.29) is 6.10 Å². The highest BCUT2D eigenvalue weighted by molar-refractivity contribution is 7.91. The van der Waals surface area contributed by atoms with E-state index in [9.17, 15) is 8.42 Å². The molecule has 2 rings (SSSR count). The molecule has 0 bridgehead atoms. The maximum atomic E-state index is 11.7. The van der Waals surface area contributed by atoms with E-state index in [2.05, 4.69) is 0 Å². The summed E-state index contributed by atoms with van der Waals surface area (Å²) in [5.41, 5.74) is 0. The highest BCUT2D eigenvalue weighted by atomic mass is 32.2. The van der Waals surface area contributed by atoms with E-state index in [1.54, 1.807) is 18.2 Å². The van der Waals surface area contributed by atoms with Crippen molar-refractivity contribution in [1.82, 2.24) is 0 Å². The standard InChI is InChI=1S/C14H16O3S/c1-10(2)17-13-8-9-14(18(3,15)16)12-7-5-4-6-11(12)13/h4-10H,1-3H3. The third-order valence-electron chi connectivity index (χ3n) is 2.61. The van der Waals surface area contributed by atoms with Crippen LogP contribution < -0.4 is 4.74 Å². The van der Waals surface area contributed by atoms with Gasteiger partial charge in [0, 0.05) is 17.0 Å². The van der Waals surface area contributed by atoms with Gasteiger partial charge in [-0.2, -0.15) is 0 Å². The Kier molecular flexibility index (Phi) is 3.30. The van der Waals surface area contributed by atoms with Crippen molar-refractivity contribution >= 4 is 20.6 Å². The van der Waals surface area contributed by atoms with Gasteiger partial charge >= 0.3 is 0 Å². The van der Waals surface area contributed by atoms with Gasteiger partial charge in [-0.15, -0.1) is 0 Å².